The van der Waals surface area contributed by atoms with E-state index in [9.17, 15) is 0 Å². The highest BCUT2D eigenvalue weighted by atomic mass is 16.5. The second-order valence-electron chi connectivity index (χ2n) is 5.45. The molecule has 0 spiro atoms. The van der Waals surface area contributed by atoms with Crippen LogP contribution in [0.4, 0.5) is 0 Å². The molecule has 0 saturated carbocycles. The van der Waals surface area contributed by atoms with Gasteiger partial charge in [0.05, 0.1) is 19.3 Å². The first-order valence-electron chi connectivity index (χ1n) is 7.63. The van der Waals surface area contributed by atoms with Gasteiger partial charge in [-0.2, -0.15) is 0 Å². The third kappa shape index (κ3) is 3.64. The Bertz CT molecular complexity index is 430. The molecule has 4 heteroatoms. The van der Waals surface area contributed by atoms with Crippen LogP contribution in [0.1, 0.15) is 31.2 Å². The van der Waals surface area contributed by atoms with Crippen LogP contribution in [0.25, 0.3) is 0 Å². The number of hydrogen-bond acceptors (Lipinski definition) is 4. The molecule has 110 valence electrons. The lowest BCUT2D eigenvalue weighted by Crippen LogP contribution is -2.31. The van der Waals surface area contributed by atoms with Gasteiger partial charge in [-0.05, 0) is 37.0 Å². The number of fused-ring (bicyclic) bond motifs is 1. The molecule has 0 bridgehead atoms. The lowest BCUT2D eigenvalue weighted by molar-refractivity contribution is 0.0168. The van der Waals surface area contributed by atoms with E-state index >= 15 is 0 Å². The topological polar surface area (TPSA) is 39.7 Å². The van der Waals surface area contributed by atoms with Crippen molar-refractivity contribution >= 4 is 0 Å². The number of hydrogen-bond donors (Lipinski definition) is 1. The summed E-state index contributed by atoms with van der Waals surface area (Å²) in [7, 11) is 0. The Hall–Kier alpha value is -1.26. The minimum Gasteiger partial charge on any atom is -0.490 e. The lowest BCUT2D eigenvalue weighted by atomic mass is 10.1. The first-order valence-corrected chi connectivity index (χ1v) is 7.63. The smallest absolute Gasteiger partial charge is 0.161 e. The highest BCUT2D eigenvalue weighted by molar-refractivity contribution is 5.43. The van der Waals surface area contributed by atoms with E-state index in [0.29, 0.717) is 6.10 Å². The van der Waals surface area contributed by atoms with Gasteiger partial charge in [0.2, 0.25) is 0 Å². The normalized spacial score (nSPS) is 22.3. The Balaban J connectivity index is 1.51. The van der Waals surface area contributed by atoms with Gasteiger partial charge in [0.15, 0.2) is 11.5 Å². The number of benzene rings is 1. The van der Waals surface area contributed by atoms with Crippen molar-refractivity contribution in [1.29, 1.82) is 0 Å². The fourth-order valence-corrected chi connectivity index (χ4v) is 2.66. The molecule has 1 N–H and O–H groups in total. The van der Waals surface area contributed by atoms with E-state index in [0.717, 1.165) is 50.8 Å². The van der Waals surface area contributed by atoms with Crippen molar-refractivity contribution < 1.29 is 14.2 Å². The van der Waals surface area contributed by atoms with Crippen molar-refractivity contribution in [2.75, 3.05) is 26.4 Å². The van der Waals surface area contributed by atoms with Crippen LogP contribution >= 0.6 is 0 Å². The quantitative estimate of drug-likeness (QED) is 0.918. The van der Waals surface area contributed by atoms with Gasteiger partial charge >= 0.3 is 0 Å². The maximum Gasteiger partial charge on any atom is 0.161 e. The van der Waals surface area contributed by atoms with Gasteiger partial charge in [-0.25, -0.2) is 0 Å². The minimum absolute atomic E-state index is 0.379. The molecule has 2 aliphatic rings. The highest BCUT2D eigenvalue weighted by Crippen LogP contribution is 2.30. The summed E-state index contributed by atoms with van der Waals surface area (Å²) in [6, 6.07) is 6.19. The third-order valence-corrected chi connectivity index (χ3v) is 3.79. The lowest BCUT2D eigenvalue weighted by Gasteiger charge is -2.22. The van der Waals surface area contributed by atoms with E-state index in [2.05, 4.69) is 17.4 Å². The zero-order valence-electron chi connectivity index (χ0n) is 11.9. The van der Waals surface area contributed by atoms with E-state index < -0.39 is 0 Å². The molecular weight excluding hydrogens is 254 g/mol. The SMILES string of the molecule is c1cc2c(cc1CNCC1CCCCO1)OCCCO2. The van der Waals surface area contributed by atoms with E-state index in [-0.39, 0.29) is 0 Å². The Labute approximate surface area is 120 Å². The van der Waals surface area contributed by atoms with Crippen molar-refractivity contribution in [2.24, 2.45) is 0 Å². The Morgan fingerprint density at radius 3 is 2.75 bits per heavy atom. The fraction of sp³-hybridized carbons (Fsp3) is 0.625. The minimum atomic E-state index is 0.379. The van der Waals surface area contributed by atoms with Crippen molar-refractivity contribution in [3.63, 3.8) is 0 Å². The summed E-state index contributed by atoms with van der Waals surface area (Å²) in [6.07, 6.45) is 4.99. The van der Waals surface area contributed by atoms with Crippen LogP contribution in [0.15, 0.2) is 18.2 Å². The van der Waals surface area contributed by atoms with Crippen LogP contribution in [0.2, 0.25) is 0 Å². The second kappa shape index (κ2) is 6.95. The Morgan fingerprint density at radius 1 is 1.00 bits per heavy atom. The molecule has 0 amide bonds. The zero-order valence-corrected chi connectivity index (χ0v) is 11.9. The summed E-state index contributed by atoms with van der Waals surface area (Å²) < 4.78 is 17.1. The summed E-state index contributed by atoms with van der Waals surface area (Å²) in [6.45, 7) is 4.16. The summed E-state index contributed by atoms with van der Waals surface area (Å²) in [5.74, 6) is 1.73. The van der Waals surface area contributed by atoms with Gasteiger partial charge in [-0.15, -0.1) is 0 Å². The maximum atomic E-state index is 5.72. The van der Waals surface area contributed by atoms with E-state index in [1.165, 1.54) is 24.8 Å². The second-order valence-corrected chi connectivity index (χ2v) is 5.45. The van der Waals surface area contributed by atoms with Crippen LogP contribution in [-0.4, -0.2) is 32.5 Å². The summed E-state index contributed by atoms with van der Waals surface area (Å²) in [5, 5.41) is 3.47. The van der Waals surface area contributed by atoms with Crippen LogP contribution < -0.4 is 14.8 Å². The molecule has 0 radical (unpaired) electrons. The predicted octanol–water partition coefficient (Wildman–Crippen LogP) is 2.51. The van der Waals surface area contributed by atoms with Gasteiger partial charge in [-0.3, -0.25) is 0 Å². The zero-order chi connectivity index (χ0) is 13.6. The van der Waals surface area contributed by atoms with Crippen LogP contribution in [0.3, 0.4) is 0 Å². The number of rotatable bonds is 4. The molecule has 2 heterocycles. The van der Waals surface area contributed by atoms with Gasteiger partial charge < -0.3 is 19.5 Å². The molecule has 0 aromatic heterocycles. The molecule has 0 aliphatic carbocycles. The van der Waals surface area contributed by atoms with Crippen molar-refractivity contribution in [3.8, 4) is 11.5 Å². The molecule has 4 nitrogen and oxygen atoms in total. The Morgan fingerprint density at radius 2 is 1.90 bits per heavy atom. The highest BCUT2D eigenvalue weighted by Gasteiger charge is 2.14. The van der Waals surface area contributed by atoms with Gasteiger partial charge in [-0.1, -0.05) is 6.07 Å². The average Bonchev–Trinajstić information content (AvgIpc) is 2.73. The molecule has 1 saturated heterocycles. The van der Waals surface area contributed by atoms with Crippen molar-refractivity contribution in [2.45, 2.75) is 38.3 Å². The van der Waals surface area contributed by atoms with Gasteiger partial charge in [0.25, 0.3) is 0 Å². The van der Waals surface area contributed by atoms with E-state index in [4.69, 9.17) is 14.2 Å². The molecule has 20 heavy (non-hydrogen) atoms. The molecular formula is C16H23NO3. The fourth-order valence-electron chi connectivity index (χ4n) is 2.66. The first kappa shape index (κ1) is 13.7. The largest absolute Gasteiger partial charge is 0.490 e. The van der Waals surface area contributed by atoms with Crippen LogP contribution in [-0.2, 0) is 11.3 Å². The number of nitrogens with one attached hydrogen (secondary N) is 1. The molecule has 1 fully saturated rings. The predicted molar refractivity (Wildman–Crippen MR) is 77.3 cm³/mol. The summed E-state index contributed by atoms with van der Waals surface area (Å²) in [4.78, 5) is 0. The van der Waals surface area contributed by atoms with Crippen molar-refractivity contribution in [3.05, 3.63) is 23.8 Å². The number of ether oxygens (including phenoxy) is 3. The molecule has 1 unspecified atom stereocenters. The first-order chi connectivity index (χ1) is 9.92. The summed E-state index contributed by atoms with van der Waals surface area (Å²) in [5.41, 5.74) is 1.23. The molecule has 2 aliphatic heterocycles. The van der Waals surface area contributed by atoms with Crippen molar-refractivity contribution in [1.82, 2.24) is 5.32 Å². The molecule has 3 rings (SSSR count). The van der Waals surface area contributed by atoms with Gasteiger partial charge in [0, 0.05) is 26.1 Å². The maximum absolute atomic E-state index is 5.72. The Kier molecular flexibility index (Phi) is 4.77. The van der Waals surface area contributed by atoms with E-state index in [1.54, 1.807) is 0 Å². The van der Waals surface area contributed by atoms with E-state index in [1.807, 2.05) is 6.07 Å². The third-order valence-electron chi connectivity index (χ3n) is 3.79. The summed E-state index contributed by atoms with van der Waals surface area (Å²) >= 11 is 0. The average molecular weight is 277 g/mol. The standard InChI is InChI=1S/C16H23NO3/c1-2-7-18-14(4-1)12-17-11-13-5-6-15-16(10-13)20-9-3-8-19-15/h5-6,10,14,17H,1-4,7-9,11-12H2. The molecule has 1 aromatic carbocycles. The molecule has 1 atom stereocenters. The van der Waals surface area contributed by atoms with Crippen LogP contribution in [0.5, 0.6) is 11.5 Å². The van der Waals surface area contributed by atoms with Gasteiger partial charge in [0.1, 0.15) is 0 Å². The molecule has 1 aromatic rings. The monoisotopic (exact) mass is 277 g/mol. The van der Waals surface area contributed by atoms with Crippen LogP contribution in [0, 0.1) is 0 Å².